The lowest BCUT2D eigenvalue weighted by Crippen LogP contribution is -2.17. The van der Waals surface area contributed by atoms with Crippen LogP contribution < -0.4 is 10.1 Å². The quantitative estimate of drug-likeness (QED) is 0.818. The summed E-state index contributed by atoms with van der Waals surface area (Å²) in [5.41, 5.74) is 1.70. The molecule has 0 aliphatic heterocycles. The van der Waals surface area contributed by atoms with Crippen molar-refractivity contribution in [2.24, 2.45) is 0 Å². The molecule has 0 fully saturated rings. The van der Waals surface area contributed by atoms with Crippen molar-refractivity contribution in [1.82, 2.24) is 5.32 Å². The van der Waals surface area contributed by atoms with Crippen LogP contribution in [0.5, 0.6) is 5.75 Å². The minimum atomic E-state index is -0.537. The van der Waals surface area contributed by atoms with Crippen molar-refractivity contribution >= 4 is 0 Å². The molecule has 0 aliphatic rings. The zero-order valence-electron chi connectivity index (χ0n) is 11.3. The average Bonchev–Trinajstić information content (AvgIpc) is 2.43. The monoisotopic (exact) mass is 277 g/mol. The molecule has 0 unspecified atom stereocenters. The van der Waals surface area contributed by atoms with Gasteiger partial charge in [-0.15, -0.1) is 0 Å². The van der Waals surface area contributed by atoms with Crippen LogP contribution in [0.2, 0.25) is 0 Å². The summed E-state index contributed by atoms with van der Waals surface area (Å²) in [6.07, 6.45) is 0.573. The molecule has 0 aliphatic carbocycles. The van der Waals surface area contributed by atoms with E-state index in [2.05, 4.69) is 5.32 Å². The molecule has 0 amide bonds. The van der Waals surface area contributed by atoms with Gasteiger partial charge in [-0.05, 0) is 36.7 Å². The second-order valence-corrected chi connectivity index (χ2v) is 4.52. The van der Waals surface area contributed by atoms with Gasteiger partial charge in [-0.2, -0.15) is 0 Å². The van der Waals surface area contributed by atoms with E-state index in [0.717, 1.165) is 17.4 Å². The maximum atomic E-state index is 13.0. The van der Waals surface area contributed by atoms with Crippen molar-refractivity contribution in [2.45, 2.75) is 13.0 Å². The molecule has 20 heavy (non-hydrogen) atoms. The Morgan fingerprint density at radius 3 is 2.45 bits per heavy atom. The first kappa shape index (κ1) is 14.5. The van der Waals surface area contributed by atoms with Crippen LogP contribution in [0.25, 0.3) is 0 Å². The second kappa shape index (κ2) is 7.01. The number of para-hydroxylation sites is 1. The highest BCUT2D eigenvalue weighted by Crippen LogP contribution is 2.16. The molecule has 0 spiro atoms. The molecule has 0 saturated heterocycles. The lowest BCUT2D eigenvalue weighted by atomic mass is 10.1. The van der Waals surface area contributed by atoms with Crippen molar-refractivity contribution in [3.63, 3.8) is 0 Å². The van der Waals surface area contributed by atoms with E-state index in [1.54, 1.807) is 7.11 Å². The van der Waals surface area contributed by atoms with Crippen LogP contribution in [0, 0.1) is 11.6 Å². The Morgan fingerprint density at radius 2 is 1.75 bits per heavy atom. The van der Waals surface area contributed by atoms with E-state index in [-0.39, 0.29) is 0 Å². The standard InChI is InChI=1S/C16H17F2NO/c1-20-16-5-3-2-4-13(16)11-19-7-6-12-8-14(17)10-15(18)9-12/h2-5,8-10,19H,6-7,11H2,1H3. The van der Waals surface area contributed by atoms with Crippen molar-refractivity contribution in [1.29, 1.82) is 0 Å². The minimum absolute atomic E-state index is 0.537. The van der Waals surface area contributed by atoms with Crippen LogP contribution in [0.1, 0.15) is 11.1 Å². The van der Waals surface area contributed by atoms with Crippen LogP contribution in [-0.4, -0.2) is 13.7 Å². The summed E-state index contributed by atoms with van der Waals surface area (Å²) in [4.78, 5) is 0. The summed E-state index contributed by atoms with van der Waals surface area (Å²) in [6.45, 7) is 1.29. The number of nitrogens with one attached hydrogen (secondary N) is 1. The molecule has 4 heteroatoms. The van der Waals surface area contributed by atoms with E-state index >= 15 is 0 Å². The minimum Gasteiger partial charge on any atom is -0.496 e. The van der Waals surface area contributed by atoms with Gasteiger partial charge in [0.2, 0.25) is 0 Å². The Labute approximate surface area is 117 Å². The zero-order chi connectivity index (χ0) is 14.4. The number of ether oxygens (including phenoxy) is 1. The summed E-state index contributed by atoms with van der Waals surface area (Å²) in [5, 5.41) is 3.24. The Bertz CT molecular complexity index is 552. The fourth-order valence-corrected chi connectivity index (χ4v) is 2.06. The number of benzene rings is 2. The molecule has 2 aromatic carbocycles. The third-order valence-corrected chi connectivity index (χ3v) is 3.02. The summed E-state index contributed by atoms with van der Waals surface area (Å²) in [5.74, 6) is -0.244. The Hall–Kier alpha value is -1.94. The van der Waals surface area contributed by atoms with Gasteiger partial charge in [0, 0.05) is 18.2 Å². The first-order valence-electron chi connectivity index (χ1n) is 6.46. The molecule has 0 aromatic heterocycles. The highest BCUT2D eigenvalue weighted by Gasteiger charge is 2.02. The van der Waals surface area contributed by atoms with Crippen molar-refractivity contribution in [3.05, 3.63) is 65.2 Å². The van der Waals surface area contributed by atoms with Crippen LogP contribution in [0.4, 0.5) is 8.78 Å². The predicted molar refractivity (Wildman–Crippen MR) is 74.8 cm³/mol. The van der Waals surface area contributed by atoms with E-state index in [1.165, 1.54) is 12.1 Å². The lowest BCUT2D eigenvalue weighted by molar-refractivity contribution is 0.408. The predicted octanol–water partition coefficient (Wildman–Crippen LogP) is 3.31. The van der Waals surface area contributed by atoms with Gasteiger partial charge in [0.15, 0.2) is 0 Å². The van der Waals surface area contributed by atoms with Gasteiger partial charge in [0.25, 0.3) is 0 Å². The number of rotatable bonds is 6. The fraction of sp³-hybridized carbons (Fsp3) is 0.250. The van der Waals surface area contributed by atoms with Crippen LogP contribution >= 0.6 is 0 Å². The molecule has 2 aromatic rings. The zero-order valence-corrected chi connectivity index (χ0v) is 11.3. The van der Waals surface area contributed by atoms with Crippen molar-refractivity contribution < 1.29 is 13.5 Å². The van der Waals surface area contributed by atoms with Crippen LogP contribution in [0.3, 0.4) is 0 Å². The number of methoxy groups -OCH3 is 1. The van der Waals surface area contributed by atoms with Crippen LogP contribution in [0.15, 0.2) is 42.5 Å². The molecule has 2 rings (SSSR count). The van der Waals surface area contributed by atoms with Crippen molar-refractivity contribution in [2.75, 3.05) is 13.7 Å². The Kier molecular flexibility index (Phi) is 5.07. The van der Waals surface area contributed by atoms with Crippen molar-refractivity contribution in [3.8, 4) is 5.75 Å². The van der Waals surface area contributed by atoms with Gasteiger partial charge in [0.05, 0.1) is 7.11 Å². The van der Waals surface area contributed by atoms with Gasteiger partial charge >= 0.3 is 0 Å². The smallest absolute Gasteiger partial charge is 0.126 e. The SMILES string of the molecule is COc1ccccc1CNCCc1cc(F)cc(F)c1. The number of hydrogen-bond acceptors (Lipinski definition) is 2. The average molecular weight is 277 g/mol. The molecule has 0 radical (unpaired) electrons. The number of hydrogen-bond donors (Lipinski definition) is 1. The third-order valence-electron chi connectivity index (χ3n) is 3.02. The molecule has 106 valence electrons. The lowest BCUT2D eigenvalue weighted by Gasteiger charge is -2.09. The van der Waals surface area contributed by atoms with Gasteiger partial charge in [-0.1, -0.05) is 18.2 Å². The number of halogens is 2. The fourth-order valence-electron chi connectivity index (χ4n) is 2.06. The molecule has 2 nitrogen and oxygen atoms in total. The first-order chi connectivity index (χ1) is 9.69. The van der Waals surface area contributed by atoms with Gasteiger partial charge in [0.1, 0.15) is 17.4 Å². The molecule has 0 atom stereocenters. The molecule has 0 saturated carbocycles. The largest absolute Gasteiger partial charge is 0.496 e. The maximum Gasteiger partial charge on any atom is 0.126 e. The van der Waals surface area contributed by atoms with Crippen LogP contribution in [-0.2, 0) is 13.0 Å². The van der Waals surface area contributed by atoms with E-state index in [9.17, 15) is 8.78 Å². The Morgan fingerprint density at radius 1 is 1.05 bits per heavy atom. The molecule has 0 heterocycles. The summed E-state index contributed by atoms with van der Waals surface area (Å²) in [7, 11) is 1.63. The molecular formula is C16H17F2NO. The van der Waals surface area contributed by atoms with Gasteiger partial charge in [-0.25, -0.2) is 8.78 Å². The topological polar surface area (TPSA) is 21.3 Å². The molecular weight excluding hydrogens is 260 g/mol. The van der Waals surface area contributed by atoms with E-state index < -0.39 is 11.6 Å². The Balaban J connectivity index is 1.84. The highest BCUT2D eigenvalue weighted by atomic mass is 19.1. The summed E-state index contributed by atoms with van der Waals surface area (Å²) < 4.78 is 31.3. The van der Waals surface area contributed by atoms with Gasteiger partial charge < -0.3 is 10.1 Å². The second-order valence-electron chi connectivity index (χ2n) is 4.52. The first-order valence-corrected chi connectivity index (χ1v) is 6.46. The summed E-state index contributed by atoms with van der Waals surface area (Å²) in [6, 6.07) is 11.3. The van der Waals surface area contributed by atoms with Gasteiger partial charge in [-0.3, -0.25) is 0 Å². The summed E-state index contributed by atoms with van der Waals surface area (Å²) >= 11 is 0. The molecule has 0 bridgehead atoms. The molecule has 1 N–H and O–H groups in total. The highest BCUT2D eigenvalue weighted by molar-refractivity contribution is 5.33. The normalized spacial score (nSPS) is 10.6. The van der Waals surface area contributed by atoms with E-state index in [4.69, 9.17) is 4.74 Å². The third kappa shape index (κ3) is 4.03. The maximum absolute atomic E-state index is 13.0. The van der Waals surface area contributed by atoms with E-state index in [0.29, 0.717) is 25.1 Å². The van der Waals surface area contributed by atoms with E-state index in [1.807, 2.05) is 24.3 Å².